The maximum atomic E-state index is 11.6. The van der Waals surface area contributed by atoms with E-state index in [4.69, 9.17) is 9.47 Å². The summed E-state index contributed by atoms with van der Waals surface area (Å²) in [6, 6.07) is 4.53. The molecule has 0 amide bonds. The quantitative estimate of drug-likeness (QED) is 0.500. The predicted molar refractivity (Wildman–Crippen MR) is 123 cm³/mol. The van der Waals surface area contributed by atoms with Crippen LogP contribution >= 0.6 is 0 Å². The van der Waals surface area contributed by atoms with Crippen molar-refractivity contribution in [2.75, 3.05) is 13.2 Å². The first-order chi connectivity index (χ1) is 14.1. The average Bonchev–Trinajstić information content (AvgIpc) is 2.81. The zero-order valence-electron chi connectivity index (χ0n) is 20.5. The Morgan fingerprint density at radius 3 is 1.72 bits per heavy atom. The SMILES string of the molecule is CC.CC.CC.CC.Cc1cc(C)c(C2(C#N)CCC(=O)CC2)c2c1OCCO2. The van der Waals surface area contributed by atoms with Gasteiger partial charge in [0.15, 0.2) is 11.5 Å². The van der Waals surface area contributed by atoms with E-state index in [0.717, 1.165) is 28.2 Å². The highest BCUT2D eigenvalue weighted by Gasteiger charge is 2.41. The summed E-state index contributed by atoms with van der Waals surface area (Å²) in [5.74, 6) is 1.72. The van der Waals surface area contributed by atoms with Gasteiger partial charge in [-0.25, -0.2) is 0 Å². The minimum Gasteiger partial charge on any atom is -0.486 e. The van der Waals surface area contributed by atoms with Crippen molar-refractivity contribution in [1.29, 1.82) is 5.26 Å². The van der Waals surface area contributed by atoms with Gasteiger partial charge in [-0.2, -0.15) is 5.26 Å². The van der Waals surface area contributed by atoms with Gasteiger partial charge in [0.05, 0.1) is 11.5 Å². The largest absolute Gasteiger partial charge is 0.486 e. The minimum absolute atomic E-state index is 0.247. The van der Waals surface area contributed by atoms with Crippen LogP contribution in [0.2, 0.25) is 0 Å². The molecule has 166 valence electrons. The molecule has 1 aliphatic carbocycles. The average molecular weight is 406 g/mol. The van der Waals surface area contributed by atoms with Crippen LogP contribution in [0.1, 0.15) is 97.8 Å². The van der Waals surface area contributed by atoms with Crippen LogP contribution in [0.3, 0.4) is 0 Å². The van der Waals surface area contributed by atoms with E-state index in [1.165, 1.54) is 0 Å². The summed E-state index contributed by atoms with van der Waals surface area (Å²) < 4.78 is 11.6. The van der Waals surface area contributed by atoms with Crippen molar-refractivity contribution < 1.29 is 14.3 Å². The Kier molecular flexibility index (Phi) is 16.0. The molecule has 3 rings (SSSR count). The van der Waals surface area contributed by atoms with Crippen molar-refractivity contribution >= 4 is 5.78 Å². The van der Waals surface area contributed by atoms with Crippen molar-refractivity contribution in [1.82, 2.24) is 0 Å². The van der Waals surface area contributed by atoms with Crippen molar-refractivity contribution in [3.63, 3.8) is 0 Å². The van der Waals surface area contributed by atoms with Crippen LogP contribution in [0.25, 0.3) is 0 Å². The molecule has 1 heterocycles. The molecule has 1 fully saturated rings. The Morgan fingerprint density at radius 1 is 0.828 bits per heavy atom. The number of ketones is 1. The summed E-state index contributed by atoms with van der Waals surface area (Å²) in [4.78, 5) is 11.6. The molecule has 0 bridgehead atoms. The number of hydrogen-bond donors (Lipinski definition) is 0. The lowest BCUT2D eigenvalue weighted by Gasteiger charge is -2.35. The van der Waals surface area contributed by atoms with Crippen LogP contribution in [0.4, 0.5) is 0 Å². The Hall–Kier alpha value is -2.02. The second-order valence-electron chi connectivity index (χ2n) is 5.97. The standard InChI is InChI=1S/C17H19NO3.4C2H6/c1-11-9-12(2)15-16(21-8-7-20-15)14(11)17(10-18)5-3-13(19)4-6-17;4*1-2/h9H,3-8H2,1-2H3;4*1-2H3. The zero-order valence-corrected chi connectivity index (χ0v) is 20.5. The topological polar surface area (TPSA) is 59.3 Å². The van der Waals surface area contributed by atoms with Crippen LogP contribution in [-0.4, -0.2) is 19.0 Å². The van der Waals surface area contributed by atoms with Crippen LogP contribution in [0.15, 0.2) is 6.07 Å². The van der Waals surface area contributed by atoms with E-state index in [0.29, 0.717) is 38.9 Å². The van der Waals surface area contributed by atoms with Crippen molar-refractivity contribution in [2.45, 2.75) is 100 Å². The van der Waals surface area contributed by atoms with Gasteiger partial charge in [-0.3, -0.25) is 4.79 Å². The predicted octanol–water partition coefficient (Wildman–Crippen LogP) is 7.08. The molecule has 0 saturated heterocycles. The third-order valence-corrected chi connectivity index (χ3v) is 4.55. The van der Waals surface area contributed by atoms with Gasteiger partial charge in [-0.05, 0) is 37.8 Å². The minimum atomic E-state index is -0.628. The van der Waals surface area contributed by atoms with E-state index >= 15 is 0 Å². The third kappa shape index (κ3) is 7.07. The van der Waals surface area contributed by atoms with Gasteiger partial charge in [0.1, 0.15) is 19.0 Å². The Morgan fingerprint density at radius 2 is 1.28 bits per heavy atom. The summed E-state index contributed by atoms with van der Waals surface area (Å²) in [5.41, 5.74) is 2.38. The summed E-state index contributed by atoms with van der Waals surface area (Å²) >= 11 is 0. The smallest absolute Gasteiger partial charge is 0.166 e. The number of nitrogens with zero attached hydrogens (tertiary/aromatic N) is 1. The van der Waals surface area contributed by atoms with Gasteiger partial charge >= 0.3 is 0 Å². The number of ether oxygens (including phenoxy) is 2. The number of benzene rings is 1. The number of aryl methyl sites for hydroxylation is 2. The van der Waals surface area contributed by atoms with E-state index in [9.17, 15) is 10.1 Å². The number of nitriles is 1. The van der Waals surface area contributed by atoms with E-state index < -0.39 is 5.41 Å². The number of carbonyl (C=O) groups is 1. The molecule has 4 nitrogen and oxygen atoms in total. The molecule has 0 radical (unpaired) electrons. The Bertz CT molecular complexity index is 634. The number of carbonyl (C=O) groups excluding carboxylic acids is 1. The molecule has 1 aliphatic heterocycles. The first kappa shape index (κ1) is 29.2. The lowest BCUT2D eigenvalue weighted by atomic mass is 9.68. The number of hydrogen-bond acceptors (Lipinski definition) is 4. The number of fused-ring (bicyclic) bond motifs is 1. The molecule has 0 N–H and O–H groups in total. The summed E-state index contributed by atoms with van der Waals surface area (Å²) in [5, 5.41) is 9.82. The highest BCUT2D eigenvalue weighted by molar-refractivity contribution is 5.80. The molecule has 4 heteroatoms. The molecule has 0 atom stereocenters. The monoisotopic (exact) mass is 405 g/mol. The third-order valence-electron chi connectivity index (χ3n) is 4.55. The summed E-state index contributed by atoms with van der Waals surface area (Å²) in [6.45, 7) is 21.0. The fourth-order valence-corrected chi connectivity index (χ4v) is 3.51. The van der Waals surface area contributed by atoms with Gasteiger partial charge in [0, 0.05) is 18.4 Å². The molecular weight excluding hydrogens is 362 g/mol. The fourth-order valence-electron chi connectivity index (χ4n) is 3.51. The maximum absolute atomic E-state index is 11.6. The summed E-state index contributed by atoms with van der Waals surface area (Å²) in [6.07, 6.45) is 2.08. The molecule has 1 aromatic carbocycles. The van der Waals surface area contributed by atoms with Crippen molar-refractivity contribution in [3.8, 4) is 17.6 Å². The van der Waals surface area contributed by atoms with Crippen LogP contribution in [-0.2, 0) is 10.2 Å². The van der Waals surface area contributed by atoms with E-state index in [2.05, 4.69) is 12.1 Å². The number of rotatable bonds is 1. The van der Waals surface area contributed by atoms with Gasteiger partial charge in [0.2, 0.25) is 0 Å². The summed E-state index contributed by atoms with van der Waals surface area (Å²) in [7, 11) is 0. The first-order valence-corrected chi connectivity index (χ1v) is 11.4. The second kappa shape index (κ2) is 15.9. The molecule has 2 aliphatic rings. The lowest BCUT2D eigenvalue weighted by molar-refractivity contribution is -0.121. The molecule has 0 spiro atoms. The normalized spacial score (nSPS) is 15.3. The molecule has 1 aromatic rings. The molecule has 29 heavy (non-hydrogen) atoms. The van der Waals surface area contributed by atoms with Crippen molar-refractivity contribution in [2.24, 2.45) is 0 Å². The Balaban J connectivity index is 0. The van der Waals surface area contributed by atoms with Gasteiger partial charge in [-0.15, -0.1) is 0 Å². The van der Waals surface area contributed by atoms with E-state index in [1.54, 1.807) is 0 Å². The van der Waals surface area contributed by atoms with Crippen LogP contribution in [0.5, 0.6) is 11.5 Å². The van der Waals surface area contributed by atoms with Crippen LogP contribution in [0, 0.1) is 25.2 Å². The zero-order chi connectivity index (χ0) is 23.0. The van der Waals surface area contributed by atoms with Gasteiger partial charge in [-0.1, -0.05) is 61.5 Å². The highest BCUT2D eigenvalue weighted by atomic mass is 16.6. The number of Topliss-reactive ketones (excluding diaryl/α,β-unsaturated/α-hetero) is 1. The van der Waals surface area contributed by atoms with E-state index in [-0.39, 0.29) is 5.78 Å². The lowest BCUT2D eigenvalue weighted by Crippen LogP contribution is -2.33. The van der Waals surface area contributed by atoms with Gasteiger partial charge < -0.3 is 9.47 Å². The second-order valence-corrected chi connectivity index (χ2v) is 5.97. The van der Waals surface area contributed by atoms with Gasteiger partial charge in [0.25, 0.3) is 0 Å². The van der Waals surface area contributed by atoms with Crippen molar-refractivity contribution in [3.05, 3.63) is 22.8 Å². The molecular formula is C25H43NO3. The molecule has 0 unspecified atom stereocenters. The Labute approximate surface area is 179 Å². The highest BCUT2D eigenvalue weighted by Crippen LogP contribution is 2.49. The van der Waals surface area contributed by atoms with E-state index in [1.807, 2.05) is 69.2 Å². The first-order valence-electron chi connectivity index (χ1n) is 11.4. The molecule has 1 saturated carbocycles. The molecule has 0 aromatic heterocycles. The van der Waals surface area contributed by atoms with Crippen LogP contribution < -0.4 is 9.47 Å². The fraction of sp³-hybridized carbons (Fsp3) is 0.680. The maximum Gasteiger partial charge on any atom is 0.166 e.